The van der Waals surface area contributed by atoms with Crippen LogP contribution in [-0.2, 0) is 0 Å². The largest absolute Gasteiger partial charge is 0.456 e. The lowest BCUT2D eigenvalue weighted by Crippen LogP contribution is -2.10. The zero-order valence-corrected chi connectivity index (χ0v) is 29.9. The maximum Gasteiger partial charge on any atom is 0.138 e. The third-order valence-electron chi connectivity index (χ3n) is 10.9. The fraction of sp³-hybridized carbons (Fsp3) is 0. The molecule has 0 amide bonds. The quantitative estimate of drug-likeness (QED) is 0.172. The normalized spacial score (nSPS) is 11.6. The second-order valence-corrected chi connectivity index (χ2v) is 14.1. The smallest absolute Gasteiger partial charge is 0.138 e. The highest BCUT2D eigenvalue weighted by Crippen LogP contribution is 2.49. The summed E-state index contributed by atoms with van der Waals surface area (Å²) < 4.78 is 7.08. The molecule has 0 atom stereocenters. The van der Waals surface area contributed by atoms with Crippen LogP contribution in [0.2, 0.25) is 0 Å². The lowest BCUT2D eigenvalue weighted by atomic mass is 9.96. The van der Waals surface area contributed by atoms with Gasteiger partial charge in [-0.05, 0) is 80.8 Å². The van der Waals surface area contributed by atoms with Crippen molar-refractivity contribution in [2.24, 2.45) is 0 Å². The molecule has 0 aliphatic carbocycles. The fourth-order valence-corrected chi connectivity index (χ4v) is 8.47. The summed E-state index contributed by atoms with van der Waals surface area (Å²) in [6, 6.07) is 73.8. The molecule has 11 rings (SSSR count). The molecule has 0 aliphatic heterocycles. The molecule has 0 spiro atoms. The van der Waals surface area contributed by atoms with Crippen molar-refractivity contribution in [3.8, 4) is 0 Å². The molecule has 10 aromatic carbocycles. The number of para-hydroxylation sites is 2. The highest BCUT2D eigenvalue weighted by molar-refractivity contribution is 6.30. The molecule has 0 saturated carbocycles. The molecule has 3 nitrogen and oxygen atoms in total. The molecule has 0 saturated heterocycles. The summed E-state index contributed by atoms with van der Waals surface area (Å²) in [4.78, 5) is 4.73. The van der Waals surface area contributed by atoms with Gasteiger partial charge in [-0.1, -0.05) is 146 Å². The van der Waals surface area contributed by atoms with E-state index in [1.165, 1.54) is 21.5 Å². The maximum absolute atomic E-state index is 7.08. The number of benzene rings is 10. The standard InChI is InChI=1S/C52H34N2O/c1-3-19-39(20-4-1)53(41-29-27-35-15-7-9-17-37(35)31-41)47-33-49-51(45-25-13-11-23-43(45)47)52-46-26-14-12-24-44(46)48(34-50(52)55-49)54(40-21-5-2-6-22-40)42-30-28-36-16-8-10-18-38(36)32-42/h1-34H. The van der Waals surface area contributed by atoms with E-state index in [2.05, 4.69) is 216 Å². The summed E-state index contributed by atoms with van der Waals surface area (Å²) in [7, 11) is 0. The van der Waals surface area contributed by atoms with Crippen molar-refractivity contribution in [1.82, 2.24) is 0 Å². The van der Waals surface area contributed by atoms with Crippen molar-refractivity contribution in [1.29, 1.82) is 0 Å². The minimum atomic E-state index is 0.852. The van der Waals surface area contributed by atoms with Gasteiger partial charge in [-0.25, -0.2) is 0 Å². The molecule has 1 aromatic heterocycles. The van der Waals surface area contributed by atoms with Gasteiger partial charge in [-0.2, -0.15) is 0 Å². The van der Waals surface area contributed by atoms with Crippen LogP contribution in [0.5, 0.6) is 0 Å². The fourth-order valence-electron chi connectivity index (χ4n) is 8.47. The Hall–Kier alpha value is -7.36. The Labute approximate surface area is 318 Å². The summed E-state index contributed by atoms with van der Waals surface area (Å²) in [6.07, 6.45) is 0. The average Bonchev–Trinajstić information content (AvgIpc) is 3.63. The summed E-state index contributed by atoms with van der Waals surface area (Å²) in [5.74, 6) is 0. The van der Waals surface area contributed by atoms with E-state index in [0.29, 0.717) is 0 Å². The molecule has 0 bridgehead atoms. The van der Waals surface area contributed by atoms with E-state index in [9.17, 15) is 0 Å². The van der Waals surface area contributed by atoms with Crippen molar-refractivity contribution in [2.75, 3.05) is 9.80 Å². The first-order valence-corrected chi connectivity index (χ1v) is 18.8. The van der Waals surface area contributed by atoms with Gasteiger partial charge in [0.05, 0.1) is 11.4 Å². The van der Waals surface area contributed by atoms with Crippen LogP contribution in [0.4, 0.5) is 34.1 Å². The van der Waals surface area contributed by atoms with E-state index in [-0.39, 0.29) is 0 Å². The van der Waals surface area contributed by atoms with Crippen LogP contribution in [0.15, 0.2) is 211 Å². The number of rotatable bonds is 6. The molecule has 55 heavy (non-hydrogen) atoms. The van der Waals surface area contributed by atoms with Gasteiger partial charge >= 0.3 is 0 Å². The Morgan fingerprint density at radius 3 is 1.07 bits per heavy atom. The van der Waals surface area contributed by atoms with Crippen LogP contribution in [0.1, 0.15) is 0 Å². The van der Waals surface area contributed by atoms with Crippen molar-refractivity contribution in [3.63, 3.8) is 0 Å². The van der Waals surface area contributed by atoms with Gasteiger partial charge < -0.3 is 14.2 Å². The van der Waals surface area contributed by atoms with Crippen LogP contribution in [-0.4, -0.2) is 0 Å². The van der Waals surface area contributed by atoms with Crippen molar-refractivity contribution in [2.45, 2.75) is 0 Å². The molecule has 0 unspecified atom stereocenters. The second kappa shape index (κ2) is 12.6. The summed E-state index contributed by atoms with van der Waals surface area (Å²) in [5, 5.41) is 11.7. The molecule has 0 radical (unpaired) electrons. The molecule has 3 heteroatoms. The molecule has 1 heterocycles. The van der Waals surface area contributed by atoms with Crippen LogP contribution in [0, 0.1) is 0 Å². The van der Waals surface area contributed by atoms with Crippen molar-refractivity contribution in [3.05, 3.63) is 206 Å². The topological polar surface area (TPSA) is 19.6 Å². The van der Waals surface area contributed by atoms with Crippen LogP contribution >= 0.6 is 0 Å². The Kier molecular flexibility index (Phi) is 7.17. The molecular weight excluding hydrogens is 669 g/mol. The number of fused-ring (bicyclic) bond motifs is 9. The Morgan fingerprint density at radius 2 is 0.636 bits per heavy atom. The lowest BCUT2D eigenvalue weighted by molar-refractivity contribution is 0.669. The highest BCUT2D eigenvalue weighted by Gasteiger charge is 2.24. The predicted molar refractivity (Wildman–Crippen MR) is 233 cm³/mol. The summed E-state index contributed by atoms with van der Waals surface area (Å²) in [5.41, 5.74) is 8.18. The van der Waals surface area contributed by atoms with Gasteiger partial charge in [-0.15, -0.1) is 0 Å². The molecule has 0 fully saturated rings. The summed E-state index contributed by atoms with van der Waals surface area (Å²) >= 11 is 0. The van der Waals surface area contributed by atoms with Crippen molar-refractivity contribution < 1.29 is 4.42 Å². The van der Waals surface area contributed by atoms with E-state index < -0.39 is 0 Å². The minimum absolute atomic E-state index is 0.852. The first-order chi connectivity index (χ1) is 27.3. The summed E-state index contributed by atoms with van der Waals surface area (Å²) in [6.45, 7) is 0. The Morgan fingerprint density at radius 1 is 0.273 bits per heavy atom. The highest BCUT2D eigenvalue weighted by atomic mass is 16.3. The first-order valence-electron chi connectivity index (χ1n) is 18.8. The second-order valence-electron chi connectivity index (χ2n) is 14.1. The van der Waals surface area contributed by atoms with Gasteiger partial charge in [-0.3, -0.25) is 0 Å². The zero-order chi connectivity index (χ0) is 36.3. The Bertz CT molecular complexity index is 3000. The molecule has 11 aromatic rings. The predicted octanol–water partition coefficient (Wildman–Crippen LogP) is 15.1. The molecular formula is C52H34N2O. The molecule has 0 N–H and O–H groups in total. The van der Waals surface area contributed by atoms with Crippen molar-refractivity contribution >= 4 is 99.2 Å². The van der Waals surface area contributed by atoms with E-state index in [1.54, 1.807) is 0 Å². The maximum atomic E-state index is 7.08. The Balaban J connectivity index is 1.20. The first kappa shape index (κ1) is 31.2. The van der Waals surface area contributed by atoms with Gasteiger partial charge in [0.2, 0.25) is 0 Å². The number of hydrogen-bond donors (Lipinski definition) is 0. The average molecular weight is 703 g/mol. The van der Waals surface area contributed by atoms with Gasteiger partial charge in [0, 0.05) is 56.4 Å². The molecule has 258 valence electrons. The van der Waals surface area contributed by atoms with E-state index in [0.717, 1.165) is 77.6 Å². The van der Waals surface area contributed by atoms with Gasteiger partial charge in [0.15, 0.2) is 0 Å². The number of furan rings is 1. The minimum Gasteiger partial charge on any atom is -0.456 e. The monoisotopic (exact) mass is 702 g/mol. The third kappa shape index (κ3) is 5.13. The van der Waals surface area contributed by atoms with Gasteiger partial charge in [0.1, 0.15) is 11.2 Å². The van der Waals surface area contributed by atoms with Crippen LogP contribution in [0.3, 0.4) is 0 Å². The SMILES string of the molecule is c1ccc(N(c2ccc3ccccc3c2)c2cc3oc4cc(N(c5ccccc5)c5ccc6ccccc6c5)c5ccccc5c4c3c3ccccc23)cc1. The number of anilines is 6. The molecule has 0 aliphatic rings. The van der Waals surface area contributed by atoms with E-state index in [1.807, 2.05) is 0 Å². The van der Waals surface area contributed by atoms with E-state index >= 15 is 0 Å². The van der Waals surface area contributed by atoms with Crippen LogP contribution in [0.25, 0.3) is 65.0 Å². The van der Waals surface area contributed by atoms with Gasteiger partial charge in [0.25, 0.3) is 0 Å². The number of nitrogens with zero attached hydrogens (tertiary/aromatic N) is 2. The number of hydrogen-bond acceptors (Lipinski definition) is 3. The van der Waals surface area contributed by atoms with E-state index in [4.69, 9.17) is 4.42 Å². The van der Waals surface area contributed by atoms with Crippen LogP contribution < -0.4 is 9.80 Å². The zero-order valence-electron chi connectivity index (χ0n) is 29.9. The lowest BCUT2D eigenvalue weighted by Gasteiger charge is -2.27. The third-order valence-corrected chi connectivity index (χ3v) is 10.9.